The fourth-order valence-electron chi connectivity index (χ4n) is 2.18. The third-order valence-electron chi connectivity index (χ3n) is 3.07. The first kappa shape index (κ1) is 10.7. The number of benzene rings is 1. The molecule has 0 atom stereocenters. The van der Waals surface area contributed by atoms with Crippen LogP contribution in [-0.4, -0.2) is 25.1 Å². The lowest BCUT2D eigenvalue weighted by atomic mass is 10.1. The second kappa shape index (κ2) is 3.67. The summed E-state index contributed by atoms with van der Waals surface area (Å²) >= 11 is 0. The van der Waals surface area contributed by atoms with Crippen LogP contribution >= 0.6 is 0 Å². The highest BCUT2D eigenvalue weighted by atomic mass is 16.4. The number of fused-ring (bicyclic) bond motifs is 2. The van der Waals surface area contributed by atoms with E-state index >= 15 is 0 Å². The van der Waals surface area contributed by atoms with Crippen LogP contribution < -0.4 is 11.5 Å². The first-order valence-electron chi connectivity index (χ1n) is 5.83. The molecule has 3 heterocycles. The van der Waals surface area contributed by atoms with Crippen LogP contribution in [0.15, 0.2) is 28.9 Å². The molecule has 0 aliphatic heterocycles. The minimum absolute atomic E-state index is 0.131. The fraction of sp³-hybridized carbons (Fsp3) is 0. The molecule has 0 saturated heterocycles. The molecule has 5 N–H and O–H groups in total. The lowest BCUT2D eigenvalue weighted by molar-refractivity contribution is 0.626. The zero-order chi connectivity index (χ0) is 13.7. The van der Waals surface area contributed by atoms with Crippen molar-refractivity contribution >= 4 is 34.0 Å². The smallest absolute Gasteiger partial charge is 0.292 e. The van der Waals surface area contributed by atoms with E-state index in [9.17, 15) is 0 Å². The predicted molar refractivity (Wildman–Crippen MR) is 73.5 cm³/mol. The summed E-state index contributed by atoms with van der Waals surface area (Å²) in [4.78, 5) is 12.1. The van der Waals surface area contributed by atoms with Gasteiger partial charge in [0.1, 0.15) is 23.4 Å². The molecule has 0 radical (unpaired) electrons. The van der Waals surface area contributed by atoms with Crippen LogP contribution in [-0.2, 0) is 0 Å². The van der Waals surface area contributed by atoms with Crippen LogP contribution in [0.1, 0.15) is 0 Å². The highest BCUT2D eigenvalue weighted by Gasteiger charge is 2.14. The standard InChI is InChI=1S/C12H9N7O/c13-10-8-9(18-19-11(8)16-4-15-10)5-1-2-6-7(3-5)20-12(14)17-6/h1-4H,(H2,14,17)(H3,13,15,16,18,19). The number of nitrogens with two attached hydrogens (primary N) is 2. The van der Waals surface area contributed by atoms with Crippen LogP contribution in [0.5, 0.6) is 0 Å². The molecular formula is C12H9N7O. The number of H-pyrrole nitrogens is 1. The molecular weight excluding hydrogens is 258 g/mol. The number of aromatic nitrogens is 5. The third kappa shape index (κ3) is 1.41. The van der Waals surface area contributed by atoms with Crippen LogP contribution in [0.2, 0.25) is 0 Å². The normalized spacial score (nSPS) is 11.4. The Morgan fingerprint density at radius 2 is 2.05 bits per heavy atom. The van der Waals surface area contributed by atoms with Gasteiger partial charge in [-0.3, -0.25) is 5.10 Å². The van der Waals surface area contributed by atoms with E-state index in [-0.39, 0.29) is 6.01 Å². The molecule has 4 rings (SSSR count). The van der Waals surface area contributed by atoms with Crippen LogP contribution in [0, 0.1) is 0 Å². The molecule has 0 aliphatic carbocycles. The minimum atomic E-state index is 0.131. The van der Waals surface area contributed by atoms with E-state index in [2.05, 4.69) is 25.1 Å². The van der Waals surface area contributed by atoms with Crippen molar-refractivity contribution < 1.29 is 4.42 Å². The van der Waals surface area contributed by atoms with Gasteiger partial charge >= 0.3 is 0 Å². The minimum Gasteiger partial charge on any atom is -0.424 e. The lowest BCUT2D eigenvalue weighted by Gasteiger charge is -1.99. The van der Waals surface area contributed by atoms with Crippen molar-refractivity contribution in [2.45, 2.75) is 0 Å². The Kier molecular flexibility index (Phi) is 1.97. The van der Waals surface area contributed by atoms with Gasteiger partial charge in [0.25, 0.3) is 6.01 Å². The van der Waals surface area contributed by atoms with E-state index in [0.29, 0.717) is 33.6 Å². The van der Waals surface area contributed by atoms with Crippen LogP contribution in [0.3, 0.4) is 0 Å². The number of nitrogen functional groups attached to an aromatic ring is 2. The van der Waals surface area contributed by atoms with Crippen molar-refractivity contribution in [3.8, 4) is 11.3 Å². The average Bonchev–Trinajstić information content (AvgIpc) is 3.00. The number of oxazole rings is 1. The molecule has 1 aromatic carbocycles. The van der Waals surface area contributed by atoms with E-state index in [1.807, 2.05) is 12.1 Å². The van der Waals surface area contributed by atoms with E-state index in [4.69, 9.17) is 15.9 Å². The van der Waals surface area contributed by atoms with Gasteiger partial charge < -0.3 is 15.9 Å². The average molecular weight is 267 g/mol. The van der Waals surface area contributed by atoms with Crippen molar-refractivity contribution in [1.82, 2.24) is 25.1 Å². The van der Waals surface area contributed by atoms with Gasteiger partial charge in [0.05, 0.1) is 5.39 Å². The van der Waals surface area contributed by atoms with Crippen molar-refractivity contribution in [3.05, 3.63) is 24.5 Å². The molecule has 8 nitrogen and oxygen atoms in total. The largest absolute Gasteiger partial charge is 0.424 e. The van der Waals surface area contributed by atoms with Gasteiger partial charge in [-0.15, -0.1) is 0 Å². The Morgan fingerprint density at radius 3 is 2.95 bits per heavy atom. The van der Waals surface area contributed by atoms with Gasteiger partial charge in [-0.1, -0.05) is 6.07 Å². The topological polar surface area (TPSA) is 133 Å². The van der Waals surface area contributed by atoms with Gasteiger partial charge in [0.15, 0.2) is 11.2 Å². The van der Waals surface area contributed by atoms with Crippen molar-refractivity contribution in [3.63, 3.8) is 0 Å². The Balaban J connectivity index is 2.00. The van der Waals surface area contributed by atoms with E-state index in [1.54, 1.807) is 6.07 Å². The van der Waals surface area contributed by atoms with Crippen LogP contribution in [0.4, 0.5) is 11.8 Å². The van der Waals surface area contributed by atoms with Crippen molar-refractivity contribution in [1.29, 1.82) is 0 Å². The van der Waals surface area contributed by atoms with Gasteiger partial charge in [-0.2, -0.15) is 10.1 Å². The summed E-state index contributed by atoms with van der Waals surface area (Å²) in [5.74, 6) is 0.371. The summed E-state index contributed by atoms with van der Waals surface area (Å²) in [6.45, 7) is 0. The SMILES string of the molecule is Nc1nc2ccc(-c3n[nH]c4ncnc(N)c34)cc2o1. The zero-order valence-electron chi connectivity index (χ0n) is 10.2. The molecule has 0 saturated carbocycles. The summed E-state index contributed by atoms with van der Waals surface area (Å²) in [5.41, 5.74) is 14.8. The number of aromatic amines is 1. The summed E-state index contributed by atoms with van der Waals surface area (Å²) in [6, 6.07) is 5.62. The second-order valence-corrected chi connectivity index (χ2v) is 4.29. The highest BCUT2D eigenvalue weighted by Crippen LogP contribution is 2.30. The zero-order valence-corrected chi connectivity index (χ0v) is 10.2. The predicted octanol–water partition coefficient (Wildman–Crippen LogP) is 1.33. The quantitative estimate of drug-likeness (QED) is 0.473. The molecule has 0 fully saturated rings. The summed E-state index contributed by atoms with van der Waals surface area (Å²) < 4.78 is 5.32. The van der Waals surface area contributed by atoms with Gasteiger partial charge in [-0.05, 0) is 12.1 Å². The number of rotatable bonds is 1. The summed E-state index contributed by atoms with van der Waals surface area (Å²) in [5, 5.41) is 7.75. The molecule has 3 aromatic heterocycles. The highest BCUT2D eigenvalue weighted by molar-refractivity contribution is 5.99. The van der Waals surface area contributed by atoms with Gasteiger partial charge in [-0.25, -0.2) is 9.97 Å². The Hall–Kier alpha value is -3.16. The van der Waals surface area contributed by atoms with Crippen LogP contribution in [0.25, 0.3) is 33.4 Å². The van der Waals surface area contributed by atoms with E-state index in [0.717, 1.165) is 5.56 Å². The molecule has 4 aromatic rings. The van der Waals surface area contributed by atoms with E-state index < -0.39 is 0 Å². The summed E-state index contributed by atoms with van der Waals surface area (Å²) in [7, 11) is 0. The summed E-state index contributed by atoms with van der Waals surface area (Å²) in [6.07, 6.45) is 1.39. The van der Waals surface area contributed by atoms with Gasteiger partial charge in [0, 0.05) is 5.56 Å². The first-order valence-corrected chi connectivity index (χ1v) is 5.83. The third-order valence-corrected chi connectivity index (χ3v) is 3.07. The molecule has 8 heteroatoms. The number of nitrogens with one attached hydrogen (secondary N) is 1. The van der Waals surface area contributed by atoms with E-state index in [1.165, 1.54) is 6.33 Å². The maximum atomic E-state index is 5.89. The monoisotopic (exact) mass is 267 g/mol. The fourth-order valence-corrected chi connectivity index (χ4v) is 2.18. The number of nitrogens with zero attached hydrogens (tertiary/aromatic N) is 4. The molecule has 0 amide bonds. The number of anilines is 2. The molecule has 0 spiro atoms. The molecule has 0 bridgehead atoms. The van der Waals surface area contributed by atoms with Gasteiger partial charge in [0.2, 0.25) is 0 Å². The number of hydrogen-bond donors (Lipinski definition) is 3. The molecule has 0 unspecified atom stereocenters. The van der Waals surface area contributed by atoms with Crippen molar-refractivity contribution in [2.24, 2.45) is 0 Å². The maximum absolute atomic E-state index is 5.89. The Bertz CT molecular complexity index is 939. The lowest BCUT2D eigenvalue weighted by Crippen LogP contribution is -1.92. The molecule has 98 valence electrons. The number of hydrogen-bond acceptors (Lipinski definition) is 7. The Morgan fingerprint density at radius 1 is 1.15 bits per heavy atom. The first-order chi connectivity index (χ1) is 9.72. The second-order valence-electron chi connectivity index (χ2n) is 4.29. The molecule has 20 heavy (non-hydrogen) atoms. The molecule has 0 aliphatic rings. The van der Waals surface area contributed by atoms with Crippen molar-refractivity contribution in [2.75, 3.05) is 11.5 Å². The maximum Gasteiger partial charge on any atom is 0.292 e. The Labute approximate surface area is 111 Å².